The van der Waals surface area contributed by atoms with Crippen LogP contribution in [0.2, 0.25) is 5.02 Å². The Kier molecular flexibility index (Phi) is 7.91. The van der Waals surface area contributed by atoms with Gasteiger partial charge in [0, 0.05) is 29.4 Å². The Balaban J connectivity index is 1.67. The van der Waals surface area contributed by atoms with E-state index in [-0.39, 0.29) is 10.8 Å². The van der Waals surface area contributed by atoms with Gasteiger partial charge < -0.3 is 10.2 Å². The normalized spacial score (nSPS) is 18.1. The van der Waals surface area contributed by atoms with Gasteiger partial charge in [0.25, 0.3) is 15.9 Å². The van der Waals surface area contributed by atoms with Crippen LogP contribution >= 0.6 is 11.6 Å². The number of carbonyl (C=O) groups is 1. The van der Waals surface area contributed by atoms with Crippen molar-refractivity contribution in [1.82, 2.24) is 0 Å². The maximum absolute atomic E-state index is 13.2. The second-order valence-electron chi connectivity index (χ2n) is 9.65. The van der Waals surface area contributed by atoms with Crippen LogP contribution in [0.25, 0.3) is 0 Å². The number of hydrogen-bond acceptors (Lipinski definition) is 4. The molecule has 1 aliphatic heterocycles. The number of nitrogens with one attached hydrogen (secondary N) is 2. The molecule has 3 aromatic rings. The van der Waals surface area contributed by atoms with Crippen molar-refractivity contribution in [2.45, 2.75) is 38.5 Å². The van der Waals surface area contributed by atoms with Gasteiger partial charge in [-0.2, -0.15) is 0 Å². The fourth-order valence-corrected chi connectivity index (χ4v) is 5.93. The highest BCUT2D eigenvalue weighted by Gasteiger charge is 2.26. The highest BCUT2D eigenvalue weighted by molar-refractivity contribution is 7.92. The SMILES string of the molecule is CCc1ccc(NC(=O)c2ccc(N3C[C@@H](C)C[C@H](C)C3)c(NS(=O)(=O)c3ccc(Cl)cc3)c2)cc1. The number of halogens is 1. The van der Waals surface area contributed by atoms with Crippen LogP contribution in [0.15, 0.2) is 71.6 Å². The Labute approximate surface area is 218 Å². The number of anilines is 3. The topological polar surface area (TPSA) is 78.5 Å². The lowest BCUT2D eigenvalue weighted by molar-refractivity contribution is 0.102. The van der Waals surface area contributed by atoms with E-state index in [2.05, 4.69) is 35.7 Å². The summed E-state index contributed by atoms with van der Waals surface area (Å²) in [5, 5.41) is 3.36. The summed E-state index contributed by atoms with van der Waals surface area (Å²) in [6.45, 7) is 8.11. The standard InChI is InChI=1S/C28H32ClN3O3S/c1-4-21-5-10-24(11-6-21)30-28(33)22-7-14-27(32-17-19(2)15-20(3)18-32)26(16-22)31-36(34,35)25-12-8-23(29)9-13-25/h5-14,16,19-20,31H,4,15,17-18H2,1-3H3,(H,30,33)/t19-,20-/m0/s1. The summed E-state index contributed by atoms with van der Waals surface area (Å²) >= 11 is 5.95. The van der Waals surface area contributed by atoms with Gasteiger partial charge in [0.2, 0.25) is 0 Å². The fraction of sp³-hybridized carbons (Fsp3) is 0.321. The van der Waals surface area contributed by atoms with E-state index in [4.69, 9.17) is 11.6 Å². The van der Waals surface area contributed by atoms with Crippen molar-refractivity contribution in [2.75, 3.05) is 28.0 Å². The minimum Gasteiger partial charge on any atom is -0.369 e. The first-order valence-corrected chi connectivity index (χ1v) is 14.1. The van der Waals surface area contributed by atoms with E-state index in [0.717, 1.165) is 31.6 Å². The number of rotatable bonds is 7. The molecule has 4 rings (SSSR count). The van der Waals surface area contributed by atoms with Gasteiger partial charge in [0.1, 0.15) is 0 Å². The molecule has 1 saturated heterocycles. The summed E-state index contributed by atoms with van der Waals surface area (Å²) in [6.07, 6.45) is 2.04. The molecule has 1 aliphatic rings. The highest BCUT2D eigenvalue weighted by Crippen LogP contribution is 2.34. The van der Waals surface area contributed by atoms with Crippen LogP contribution in [0.3, 0.4) is 0 Å². The van der Waals surface area contributed by atoms with E-state index in [0.29, 0.717) is 33.8 Å². The molecule has 2 N–H and O–H groups in total. The van der Waals surface area contributed by atoms with Crippen LogP contribution in [0.1, 0.15) is 43.1 Å². The molecule has 3 aromatic carbocycles. The Morgan fingerprint density at radius 1 is 0.972 bits per heavy atom. The average molecular weight is 526 g/mol. The molecule has 0 saturated carbocycles. The summed E-state index contributed by atoms with van der Waals surface area (Å²) in [6, 6.07) is 18.9. The molecule has 2 atom stereocenters. The molecule has 1 amide bonds. The van der Waals surface area contributed by atoms with E-state index >= 15 is 0 Å². The van der Waals surface area contributed by atoms with E-state index < -0.39 is 10.0 Å². The second-order valence-corrected chi connectivity index (χ2v) is 11.8. The molecular weight excluding hydrogens is 494 g/mol. The Morgan fingerprint density at radius 2 is 1.61 bits per heavy atom. The quantitative estimate of drug-likeness (QED) is 0.372. The first-order chi connectivity index (χ1) is 17.1. The first kappa shape index (κ1) is 26.0. The average Bonchev–Trinajstić information content (AvgIpc) is 2.84. The molecule has 0 aromatic heterocycles. The number of hydrogen-bond donors (Lipinski definition) is 2. The summed E-state index contributed by atoms with van der Waals surface area (Å²) < 4.78 is 29.2. The molecule has 0 bridgehead atoms. The number of carbonyl (C=O) groups excluding carboxylic acids is 1. The molecule has 0 spiro atoms. The number of aryl methyl sites for hydroxylation is 1. The number of nitrogens with zero attached hydrogens (tertiary/aromatic N) is 1. The van der Waals surface area contributed by atoms with Gasteiger partial charge in [0.05, 0.1) is 16.3 Å². The van der Waals surface area contributed by atoms with E-state index in [9.17, 15) is 13.2 Å². The van der Waals surface area contributed by atoms with Gasteiger partial charge >= 0.3 is 0 Å². The van der Waals surface area contributed by atoms with Crippen molar-refractivity contribution in [1.29, 1.82) is 0 Å². The van der Waals surface area contributed by atoms with Crippen molar-refractivity contribution in [3.63, 3.8) is 0 Å². The highest BCUT2D eigenvalue weighted by atomic mass is 35.5. The van der Waals surface area contributed by atoms with Crippen molar-refractivity contribution in [3.05, 3.63) is 82.9 Å². The van der Waals surface area contributed by atoms with Gasteiger partial charge in [-0.25, -0.2) is 8.42 Å². The molecule has 6 nitrogen and oxygen atoms in total. The fourth-order valence-electron chi connectivity index (χ4n) is 4.74. The van der Waals surface area contributed by atoms with Gasteiger partial charge in [-0.3, -0.25) is 9.52 Å². The first-order valence-electron chi connectivity index (χ1n) is 12.2. The van der Waals surface area contributed by atoms with Gasteiger partial charge in [0.15, 0.2) is 0 Å². The lowest BCUT2D eigenvalue weighted by Gasteiger charge is -2.37. The predicted molar refractivity (Wildman–Crippen MR) is 148 cm³/mol. The molecule has 1 heterocycles. The minimum atomic E-state index is -3.89. The molecule has 8 heteroatoms. The van der Waals surface area contributed by atoms with Gasteiger partial charge in [-0.05, 0) is 84.8 Å². The van der Waals surface area contributed by atoms with E-state index in [1.807, 2.05) is 30.3 Å². The van der Waals surface area contributed by atoms with Crippen LogP contribution in [0.4, 0.5) is 17.1 Å². The molecule has 190 valence electrons. The number of amides is 1. The Bertz CT molecular complexity index is 1320. The van der Waals surface area contributed by atoms with Gasteiger partial charge in [-0.1, -0.05) is 44.5 Å². The third-order valence-corrected chi connectivity index (χ3v) is 8.09. The van der Waals surface area contributed by atoms with Gasteiger partial charge in [-0.15, -0.1) is 0 Å². The largest absolute Gasteiger partial charge is 0.369 e. The summed E-state index contributed by atoms with van der Waals surface area (Å²) in [5.41, 5.74) is 3.37. The molecule has 36 heavy (non-hydrogen) atoms. The van der Waals surface area contributed by atoms with Crippen LogP contribution in [0.5, 0.6) is 0 Å². The predicted octanol–water partition coefficient (Wildman–Crippen LogP) is 6.44. The van der Waals surface area contributed by atoms with Crippen molar-refractivity contribution in [2.24, 2.45) is 11.8 Å². The zero-order valence-electron chi connectivity index (χ0n) is 20.8. The zero-order valence-corrected chi connectivity index (χ0v) is 22.4. The van der Waals surface area contributed by atoms with E-state index in [1.165, 1.54) is 17.7 Å². The Morgan fingerprint density at radius 3 is 2.22 bits per heavy atom. The zero-order chi connectivity index (χ0) is 25.9. The van der Waals surface area contributed by atoms with Crippen LogP contribution in [-0.2, 0) is 16.4 Å². The lowest BCUT2D eigenvalue weighted by Crippen LogP contribution is -2.39. The summed E-state index contributed by atoms with van der Waals surface area (Å²) in [4.78, 5) is 15.4. The van der Waals surface area contributed by atoms with Crippen LogP contribution < -0.4 is 14.9 Å². The van der Waals surface area contributed by atoms with Crippen LogP contribution in [-0.4, -0.2) is 27.4 Å². The third kappa shape index (κ3) is 6.20. The minimum absolute atomic E-state index is 0.101. The van der Waals surface area contributed by atoms with Crippen LogP contribution in [0, 0.1) is 11.8 Å². The van der Waals surface area contributed by atoms with Crippen molar-refractivity contribution < 1.29 is 13.2 Å². The lowest BCUT2D eigenvalue weighted by atomic mass is 9.91. The third-order valence-electron chi connectivity index (χ3n) is 6.46. The Hall–Kier alpha value is -3.03. The smallest absolute Gasteiger partial charge is 0.261 e. The monoisotopic (exact) mass is 525 g/mol. The number of piperidine rings is 1. The molecule has 0 unspecified atom stereocenters. The second kappa shape index (κ2) is 10.9. The van der Waals surface area contributed by atoms with Crippen molar-refractivity contribution >= 4 is 44.6 Å². The number of benzene rings is 3. The van der Waals surface area contributed by atoms with Crippen molar-refractivity contribution in [3.8, 4) is 0 Å². The molecular formula is C28H32ClN3O3S. The summed E-state index contributed by atoms with van der Waals surface area (Å²) in [7, 11) is -3.89. The maximum atomic E-state index is 13.2. The molecule has 0 radical (unpaired) electrons. The maximum Gasteiger partial charge on any atom is 0.261 e. The summed E-state index contributed by atoms with van der Waals surface area (Å²) in [5.74, 6) is 0.644. The van der Waals surface area contributed by atoms with E-state index in [1.54, 1.807) is 24.3 Å². The molecule has 0 aliphatic carbocycles. The molecule has 1 fully saturated rings. The number of sulfonamides is 1.